The summed E-state index contributed by atoms with van der Waals surface area (Å²) in [6, 6.07) is 2.50. The van der Waals surface area contributed by atoms with Crippen molar-refractivity contribution in [2.24, 2.45) is 0 Å². The molecule has 0 aliphatic heterocycles. The van der Waals surface area contributed by atoms with Crippen LogP contribution in [0, 0.1) is 0 Å². The van der Waals surface area contributed by atoms with Gasteiger partial charge < -0.3 is 20.1 Å². The van der Waals surface area contributed by atoms with Gasteiger partial charge in [0.2, 0.25) is 0 Å². The number of ether oxygens (including phenoxy) is 1. The first kappa shape index (κ1) is 23.3. The van der Waals surface area contributed by atoms with Crippen molar-refractivity contribution in [3.63, 3.8) is 0 Å². The molecule has 1 fully saturated rings. The van der Waals surface area contributed by atoms with E-state index in [1.54, 1.807) is 29.3 Å². The molecule has 4 aromatic rings. The van der Waals surface area contributed by atoms with E-state index < -0.39 is 5.60 Å². The molecule has 182 valence electrons. The zero-order valence-electron chi connectivity index (χ0n) is 20.6. The lowest BCUT2D eigenvalue weighted by atomic mass is 9.86. The van der Waals surface area contributed by atoms with E-state index >= 15 is 0 Å². The van der Waals surface area contributed by atoms with Gasteiger partial charge in [-0.3, -0.25) is 0 Å². The zero-order chi connectivity index (χ0) is 24.0. The largest absolute Gasteiger partial charge is 0.493 e. The van der Waals surface area contributed by atoms with E-state index in [0.717, 1.165) is 47.3 Å². The molecular formula is C25H34N6O2S. The van der Waals surface area contributed by atoms with Crippen molar-refractivity contribution in [3.8, 4) is 17.0 Å². The number of H-pyrrole nitrogens is 1. The van der Waals surface area contributed by atoms with Crippen LogP contribution in [0.1, 0.15) is 75.8 Å². The van der Waals surface area contributed by atoms with Crippen LogP contribution in [0.15, 0.2) is 18.6 Å². The summed E-state index contributed by atoms with van der Waals surface area (Å²) in [5, 5.41) is 19.1. The van der Waals surface area contributed by atoms with Gasteiger partial charge in [0.05, 0.1) is 23.4 Å². The monoisotopic (exact) mass is 482 g/mol. The number of aromatic amines is 1. The average molecular weight is 483 g/mol. The summed E-state index contributed by atoms with van der Waals surface area (Å²) in [5.74, 6) is 1.52. The van der Waals surface area contributed by atoms with Crippen molar-refractivity contribution >= 4 is 27.3 Å². The third-order valence-electron chi connectivity index (χ3n) is 6.73. The van der Waals surface area contributed by atoms with Crippen LogP contribution in [0.2, 0.25) is 0 Å². The highest BCUT2D eigenvalue weighted by Gasteiger charge is 2.28. The van der Waals surface area contributed by atoms with Gasteiger partial charge in [0, 0.05) is 35.8 Å². The number of nitrogens with zero attached hydrogens (tertiary/aromatic N) is 4. The van der Waals surface area contributed by atoms with E-state index in [0.29, 0.717) is 35.8 Å². The number of pyridine rings is 1. The van der Waals surface area contributed by atoms with Crippen molar-refractivity contribution in [2.75, 3.05) is 13.7 Å². The Bertz CT molecular complexity index is 1290. The molecule has 0 radical (unpaired) electrons. The summed E-state index contributed by atoms with van der Waals surface area (Å²) < 4.78 is 7.34. The van der Waals surface area contributed by atoms with E-state index in [1.807, 2.05) is 26.1 Å². The fraction of sp³-hybridized carbons (Fsp3) is 0.560. The molecule has 0 spiro atoms. The van der Waals surface area contributed by atoms with Crippen LogP contribution in [-0.4, -0.2) is 55.0 Å². The first-order chi connectivity index (χ1) is 16.2. The van der Waals surface area contributed by atoms with Crippen LogP contribution in [0.4, 0.5) is 0 Å². The molecule has 0 atom stereocenters. The Balaban J connectivity index is 1.41. The average Bonchev–Trinajstić information content (AvgIpc) is 3.50. The fourth-order valence-corrected chi connectivity index (χ4v) is 6.14. The first-order valence-corrected chi connectivity index (χ1v) is 12.9. The van der Waals surface area contributed by atoms with Crippen molar-refractivity contribution in [3.05, 3.63) is 29.2 Å². The van der Waals surface area contributed by atoms with Crippen LogP contribution < -0.4 is 10.1 Å². The number of methoxy groups -OCH3 is 1. The number of rotatable bonds is 7. The molecule has 1 aliphatic rings. The van der Waals surface area contributed by atoms with E-state index in [9.17, 15) is 5.11 Å². The third-order valence-corrected chi connectivity index (χ3v) is 7.87. The molecule has 0 aromatic carbocycles. The molecule has 4 heterocycles. The second-order valence-corrected chi connectivity index (χ2v) is 11.4. The SMILES string of the molecule is COc1cc(-c2[nH]c3sc(C4CCC(NCC(C)(C)O)CC4)nc3c2C(C)C)cn2ncnc12. The van der Waals surface area contributed by atoms with Crippen LogP contribution in [0.5, 0.6) is 5.75 Å². The van der Waals surface area contributed by atoms with E-state index in [1.165, 1.54) is 10.6 Å². The van der Waals surface area contributed by atoms with Gasteiger partial charge in [-0.2, -0.15) is 5.10 Å². The van der Waals surface area contributed by atoms with Gasteiger partial charge in [0.1, 0.15) is 16.7 Å². The fourth-order valence-electron chi connectivity index (χ4n) is 4.99. The van der Waals surface area contributed by atoms with E-state index in [2.05, 4.69) is 34.2 Å². The van der Waals surface area contributed by atoms with Crippen LogP contribution in [-0.2, 0) is 0 Å². The molecule has 0 unspecified atom stereocenters. The molecule has 3 N–H and O–H groups in total. The lowest BCUT2D eigenvalue weighted by Crippen LogP contribution is -2.42. The number of hydrogen-bond acceptors (Lipinski definition) is 7. The minimum absolute atomic E-state index is 0.318. The highest BCUT2D eigenvalue weighted by atomic mass is 32.1. The summed E-state index contributed by atoms with van der Waals surface area (Å²) in [6.07, 6.45) is 8.03. The maximum absolute atomic E-state index is 9.99. The smallest absolute Gasteiger partial charge is 0.197 e. The quantitative estimate of drug-likeness (QED) is 0.348. The topological polar surface area (TPSA) is 100 Å². The summed E-state index contributed by atoms with van der Waals surface area (Å²) in [4.78, 5) is 14.3. The Morgan fingerprint density at radius 2 is 2.06 bits per heavy atom. The van der Waals surface area contributed by atoms with Crippen LogP contribution in [0.3, 0.4) is 0 Å². The molecule has 34 heavy (non-hydrogen) atoms. The van der Waals surface area contributed by atoms with Crippen molar-refractivity contribution < 1.29 is 9.84 Å². The number of thiazole rings is 1. The maximum Gasteiger partial charge on any atom is 0.197 e. The van der Waals surface area contributed by atoms with Crippen LogP contribution >= 0.6 is 11.3 Å². The highest BCUT2D eigenvalue weighted by Crippen LogP contribution is 2.42. The molecular weight excluding hydrogens is 448 g/mol. The lowest BCUT2D eigenvalue weighted by Gasteiger charge is -2.30. The summed E-state index contributed by atoms with van der Waals surface area (Å²) in [5.41, 5.74) is 4.45. The molecule has 0 amide bonds. The number of hydrogen-bond donors (Lipinski definition) is 3. The zero-order valence-corrected chi connectivity index (χ0v) is 21.4. The Labute approximate surface area is 203 Å². The lowest BCUT2D eigenvalue weighted by molar-refractivity contribution is 0.0742. The van der Waals surface area contributed by atoms with Crippen molar-refractivity contribution in [2.45, 2.75) is 76.9 Å². The molecule has 8 nitrogen and oxygen atoms in total. The first-order valence-electron chi connectivity index (χ1n) is 12.1. The number of nitrogens with one attached hydrogen (secondary N) is 2. The van der Waals surface area contributed by atoms with Gasteiger partial charge in [-0.25, -0.2) is 14.5 Å². The minimum Gasteiger partial charge on any atom is -0.493 e. The Kier molecular flexibility index (Phi) is 6.12. The predicted molar refractivity (Wildman–Crippen MR) is 136 cm³/mol. The maximum atomic E-state index is 9.99. The van der Waals surface area contributed by atoms with E-state index in [4.69, 9.17) is 9.72 Å². The van der Waals surface area contributed by atoms with Crippen molar-refractivity contribution in [1.29, 1.82) is 0 Å². The van der Waals surface area contributed by atoms with Crippen molar-refractivity contribution in [1.82, 2.24) is 29.9 Å². The number of fused-ring (bicyclic) bond motifs is 2. The highest BCUT2D eigenvalue weighted by molar-refractivity contribution is 7.18. The number of aliphatic hydroxyl groups is 1. The van der Waals surface area contributed by atoms with Gasteiger partial charge in [-0.15, -0.1) is 11.3 Å². The van der Waals surface area contributed by atoms with Gasteiger partial charge in [-0.1, -0.05) is 13.8 Å². The molecule has 1 aliphatic carbocycles. The molecule has 9 heteroatoms. The molecule has 1 saturated carbocycles. The van der Waals surface area contributed by atoms with Gasteiger partial charge in [0.25, 0.3) is 0 Å². The molecule has 0 bridgehead atoms. The standard InChI is InChI=1S/C25H34N6O2S/c1-14(2)19-20(16-10-18(33-5)22-27-13-28-31(22)11-16)29-24-21(19)30-23(34-24)15-6-8-17(9-7-15)26-12-25(3,4)32/h10-11,13-15,17,26,29,32H,6-9,12H2,1-5H3. The second-order valence-electron chi connectivity index (χ2n) is 10.4. The summed E-state index contributed by atoms with van der Waals surface area (Å²) in [7, 11) is 1.66. The predicted octanol–water partition coefficient (Wildman–Crippen LogP) is 4.85. The number of aromatic nitrogens is 5. The van der Waals surface area contributed by atoms with Gasteiger partial charge >= 0.3 is 0 Å². The normalized spacial score (nSPS) is 19.5. The summed E-state index contributed by atoms with van der Waals surface area (Å²) >= 11 is 1.79. The molecule has 5 rings (SSSR count). The third kappa shape index (κ3) is 4.44. The Hall–Kier alpha value is -2.49. The summed E-state index contributed by atoms with van der Waals surface area (Å²) in [6.45, 7) is 8.77. The van der Waals surface area contributed by atoms with Gasteiger partial charge in [-0.05, 0) is 51.5 Å². The molecule has 4 aromatic heterocycles. The van der Waals surface area contributed by atoms with E-state index in [-0.39, 0.29) is 0 Å². The Morgan fingerprint density at radius 3 is 2.74 bits per heavy atom. The second kappa shape index (κ2) is 8.94. The minimum atomic E-state index is -0.668. The Morgan fingerprint density at radius 1 is 1.29 bits per heavy atom. The van der Waals surface area contributed by atoms with Gasteiger partial charge in [0.15, 0.2) is 11.4 Å². The van der Waals surface area contributed by atoms with Crippen LogP contribution in [0.25, 0.3) is 27.3 Å². The molecule has 0 saturated heterocycles.